The van der Waals surface area contributed by atoms with E-state index in [1.54, 1.807) is 0 Å². The van der Waals surface area contributed by atoms with Crippen LogP contribution < -0.4 is 10.1 Å². The highest BCUT2D eigenvalue weighted by Gasteiger charge is 2.25. The van der Waals surface area contributed by atoms with Crippen LogP contribution in [0.2, 0.25) is 0 Å². The highest BCUT2D eigenvalue weighted by atomic mass is 16.5. The summed E-state index contributed by atoms with van der Waals surface area (Å²) in [6.45, 7) is 7.31. The van der Waals surface area contributed by atoms with Crippen LogP contribution in [0.4, 0.5) is 5.95 Å². The van der Waals surface area contributed by atoms with E-state index in [1.165, 1.54) is 0 Å². The molecule has 1 aliphatic carbocycles. The molecule has 0 radical (unpaired) electrons. The molecule has 7 nitrogen and oxygen atoms in total. The Morgan fingerprint density at radius 2 is 1.88 bits per heavy atom. The molecule has 0 bridgehead atoms. The summed E-state index contributed by atoms with van der Waals surface area (Å²) in [6, 6.07) is 0.327. The van der Waals surface area contributed by atoms with E-state index in [2.05, 4.69) is 36.1 Å². The Balaban J connectivity index is 1.59. The van der Waals surface area contributed by atoms with Crippen LogP contribution in [0.1, 0.15) is 76.7 Å². The molecule has 4 rings (SSSR count). The molecule has 0 amide bonds. The Hall–Kier alpha value is -1.99. The van der Waals surface area contributed by atoms with Gasteiger partial charge >= 0.3 is 0 Å². The van der Waals surface area contributed by atoms with E-state index in [9.17, 15) is 5.11 Å². The molecule has 32 heavy (non-hydrogen) atoms. The SMILES string of the molecule is CCCC(C)Nc1ncc2c(OCC3CCN(C)CC3)ncc(C3CCC(O)CC3)c2n1. The van der Waals surface area contributed by atoms with Gasteiger partial charge in [0.1, 0.15) is 0 Å². The van der Waals surface area contributed by atoms with Crippen molar-refractivity contribution in [1.82, 2.24) is 19.9 Å². The number of nitrogens with one attached hydrogen (secondary N) is 1. The smallest absolute Gasteiger partial charge is 0.224 e. The number of hydrogen-bond acceptors (Lipinski definition) is 7. The van der Waals surface area contributed by atoms with Gasteiger partial charge in [0, 0.05) is 24.0 Å². The molecule has 2 aromatic rings. The highest BCUT2D eigenvalue weighted by Crippen LogP contribution is 2.37. The van der Waals surface area contributed by atoms with Crippen LogP contribution in [0.25, 0.3) is 10.9 Å². The molecule has 1 atom stereocenters. The molecule has 1 saturated carbocycles. The van der Waals surface area contributed by atoms with E-state index in [-0.39, 0.29) is 6.10 Å². The number of pyridine rings is 1. The van der Waals surface area contributed by atoms with Crippen molar-refractivity contribution >= 4 is 16.9 Å². The maximum atomic E-state index is 9.96. The van der Waals surface area contributed by atoms with Gasteiger partial charge < -0.3 is 20.1 Å². The van der Waals surface area contributed by atoms with Crippen molar-refractivity contribution in [2.75, 3.05) is 32.1 Å². The second-order valence-corrected chi connectivity index (χ2v) is 9.87. The molecule has 2 aliphatic rings. The largest absolute Gasteiger partial charge is 0.477 e. The summed E-state index contributed by atoms with van der Waals surface area (Å²) in [6.07, 6.45) is 11.8. The Morgan fingerprint density at radius 3 is 2.59 bits per heavy atom. The first-order valence-corrected chi connectivity index (χ1v) is 12.4. The van der Waals surface area contributed by atoms with E-state index in [0.29, 0.717) is 36.3 Å². The minimum atomic E-state index is -0.177. The number of hydrogen-bond donors (Lipinski definition) is 2. The van der Waals surface area contributed by atoms with Crippen molar-refractivity contribution in [3.8, 4) is 5.88 Å². The zero-order valence-electron chi connectivity index (χ0n) is 19.9. The maximum Gasteiger partial charge on any atom is 0.224 e. The number of piperidine rings is 1. The minimum Gasteiger partial charge on any atom is -0.477 e. The van der Waals surface area contributed by atoms with Gasteiger partial charge in [-0.15, -0.1) is 0 Å². The van der Waals surface area contributed by atoms with Crippen molar-refractivity contribution in [2.24, 2.45) is 5.92 Å². The average Bonchev–Trinajstić information content (AvgIpc) is 2.79. The predicted molar refractivity (Wildman–Crippen MR) is 128 cm³/mol. The summed E-state index contributed by atoms with van der Waals surface area (Å²) in [4.78, 5) is 16.7. The Morgan fingerprint density at radius 1 is 1.12 bits per heavy atom. The van der Waals surface area contributed by atoms with Gasteiger partial charge in [-0.1, -0.05) is 13.3 Å². The Labute approximate surface area is 192 Å². The fourth-order valence-electron chi connectivity index (χ4n) is 5.04. The first-order chi connectivity index (χ1) is 15.5. The molecule has 1 aliphatic heterocycles. The number of rotatable bonds is 8. The molecule has 2 aromatic heterocycles. The van der Waals surface area contributed by atoms with Crippen LogP contribution in [0, 0.1) is 5.92 Å². The first-order valence-electron chi connectivity index (χ1n) is 12.4. The van der Waals surface area contributed by atoms with Gasteiger partial charge in [-0.05, 0) is 83.8 Å². The van der Waals surface area contributed by atoms with Gasteiger partial charge in [-0.25, -0.2) is 15.0 Å². The monoisotopic (exact) mass is 441 g/mol. The minimum absolute atomic E-state index is 0.177. The number of nitrogens with zero attached hydrogens (tertiary/aromatic N) is 4. The fraction of sp³-hybridized carbons (Fsp3) is 0.720. The zero-order chi connectivity index (χ0) is 22.5. The van der Waals surface area contributed by atoms with Gasteiger partial charge in [-0.2, -0.15) is 0 Å². The van der Waals surface area contributed by atoms with Crippen LogP contribution in [0.5, 0.6) is 5.88 Å². The number of aliphatic hydroxyl groups excluding tert-OH is 1. The van der Waals surface area contributed by atoms with Gasteiger partial charge in [-0.3, -0.25) is 0 Å². The van der Waals surface area contributed by atoms with Crippen LogP contribution >= 0.6 is 0 Å². The van der Waals surface area contributed by atoms with Crippen molar-refractivity contribution in [2.45, 2.75) is 83.3 Å². The summed E-state index contributed by atoms with van der Waals surface area (Å²) in [5, 5.41) is 14.3. The molecule has 1 saturated heterocycles. The van der Waals surface area contributed by atoms with E-state index in [1.807, 2.05) is 12.4 Å². The van der Waals surface area contributed by atoms with E-state index in [0.717, 1.165) is 80.9 Å². The van der Waals surface area contributed by atoms with Crippen molar-refractivity contribution in [3.63, 3.8) is 0 Å². The lowest BCUT2D eigenvalue weighted by molar-refractivity contribution is 0.122. The number of likely N-dealkylation sites (tertiary alicyclic amines) is 1. The van der Waals surface area contributed by atoms with E-state index in [4.69, 9.17) is 14.7 Å². The number of aromatic nitrogens is 3. The first kappa shape index (κ1) is 23.2. The molecule has 0 spiro atoms. The number of anilines is 1. The lowest BCUT2D eigenvalue weighted by atomic mass is 9.83. The number of aliphatic hydroxyl groups is 1. The van der Waals surface area contributed by atoms with Gasteiger partial charge in [0.25, 0.3) is 0 Å². The van der Waals surface area contributed by atoms with Crippen LogP contribution in [-0.4, -0.2) is 63.8 Å². The average molecular weight is 442 g/mol. The summed E-state index contributed by atoms with van der Waals surface area (Å²) >= 11 is 0. The van der Waals surface area contributed by atoms with Crippen molar-refractivity contribution in [3.05, 3.63) is 18.0 Å². The van der Waals surface area contributed by atoms with Crippen LogP contribution in [0.3, 0.4) is 0 Å². The third kappa shape index (κ3) is 5.67. The van der Waals surface area contributed by atoms with Crippen molar-refractivity contribution < 1.29 is 9.84 Å². The van der Waals surface area contributed by atoms with Gasteiger partial charge in [0.15, 0.2) is 0 Å². The lowest BCUT2D eigenvalue weighted by Gasteiger charge is -2.29. The Kier molecular flexibility index (Phi) is 7.79. The Bertz CT molecular complexity index is 876. The third-order valence-corrected chi connectivity index (χ3v) is 7.14. The van der Waals surface area contributed by atoms with E-state index >= 15 is 0 Å². The quantitative estimate of drug-likeness (QED) is 0.629. The normalized spacial score (nSPS) is 23.9. The second kappa shape index (κ2) is 10.8. The zero-order valence-corrected chi connectivity index (χ0v) is 19.9. The van der Waals surface area contributed by atoms with Gasteiger partial charge in [0.2, 0.25) is 11.8 Å². The lowest BCUT2D eigenvalue weighted by Crippen LogP contribution is -2.32. The molecular weight excluding hydrogens is 402 g/mol. The van der Waals surface area contributed by atoms with Crippen molar-refractivity contribution in [1.29, 1.82) is 0 Å². The molecule has 1 unspecified atom stereocenters. The molecule has 7 heteroatoms. The third-order valence-electron chi connectivity index (χ3n) is 7.14. The summed E-state index contributed by atoms with van der Waals surface area (Å²) in [5.41, 5.74) is 2.10. The molecule has 2 fully saturated rings. The maximum absolute atomic E-state index is 9.96. The van der Waals surface area contributed by atoms with E-state index < -0.39 is 0 Å². The topological polar surface area (TPSA) is 83.4 Å². The summed E-state index contributed by atoms with van der Waals surface area (Å²) in [7, 11) is 2.18. The standard InChI is InChI=1S/C25H39N5O2/c1-4-5-17(2)28-25-27-15-22-23(29-25)21(19-6-8-20(31)9-7-19)14-26-24(22)32-16-18-10-12-30(3)13-11-18/h14-15,17-20,31H,4-13,16H2,1-3H3,(H,27,28,29). The number of ether oxygens (including phenoxy) is 1. The van der Waals surface area contributed by atoms with Crippen LogP contribution in [-0.2, 0) is 0 Å². The molecule has 176 valence electrons. The second-order valence-electron chi connectivity index (χ2n) is 9.87. The summed E-state index contributed by atoms with van der Waals surface area (Å²) in [5.74, 6) is 2.25. The number of fused-ring (bicyclic) bond motifs is 1. The predicted octanol–water partition coefficient (Wildman–Crippen LogP) is 4.36. The molecular formula is C25H39N5O2. The molecule has 0 aromatic carbocycles. The molecule has 2 N–H and O–H groups in total. The van der Waals surface area contributed by atoms with Gasteiger partial charge in [0.05, 0.1) is 23.6 Å². The summed E-state index contributed by atoms with van der Waals surface area (Å²) < 4.78 is 6.24. The fourth-order valence-corrected chi connectivity index (χ4v) is 5.04. The highest BCUT2D eigenvalue weighted by molar-refractivity contribution is 5.86. The van der Waals surface area contributed by atoms with Crippen LogP contribution in [0.15, 0.2) is 12.4 Å². The molecule has 3 heterocycles.